The number of hydrogen-bond donors (Lipinski definition) is 2. The molecule has 0 aliphatic carbocycles. The first-order valence-corrected chi connectivity index (χ1v) is 7.54. The van der Waals surface area contributed by atoms with E-state index in [1.165, 1.54) is 20.4 Å². The average Bonchev–Trinajstić information content (AvgIpc) is 2.63. The highest BCUT2D eigenvalue weighted by Gasteiger charge is 2.14. The van der Waals surface area contributed by atoms with Gasteiger partial charge in [0.15, 0.2) is 11.5 Å². The van der Waals surface area contributed by atoms with Crippen LogP contribution in [-0.4, -0.2) is 32.2 Å². The molecule has 0 radical (unpaired) electrons. The molecule has 7 nitrogen and oxygen atoms in total. The number of nitrogens with one attached hydrogen (secondary N) is 2. The number of hydrazone groups is 1. The Morgan fingerprint density at radius 1 is 1.04 bits per heavy atom. The second-order valence-electron chi connectivity index (χ2n) is 4.75. The lowest BCUT2D eigenvalue weighted by Crippen LogP contribution is -2.32. The largest absolute Gasteiger partial charge is 0.493 e. The Morgan fingerprint density at radius 2 is 1.76 bits per heavy atom. The molecule has 2 amide bonds. The second kappa shape index (κ2) is 8.70. The van der Waals surface area contributed by atoms with Gasteiger partial charge in [-0.15, -0.1) is 0 Å². The van der Waals surface area contributed by atoms with Gasteiger partial charge in [-0.2, -0.15) is 5.10 Å². The molecule has 0 aromatic heterocycles. The number of carbonyl (C=O) groups is 2. The Morgan fingerprint density at radius 3 is 2.44 bits per heavy atom. The number of rotatable bonds is 5. The van der Waals surface area contributed by atoms with Crippen LogP contribution in [0.25, 0.3) is 0 Å². The topological polar surface area (TPSA) is 89.0 Å². The van der Waals surface area contributed by atoms with Crippen molar-refractivity contribution >= 4 is 35.3 Å². The van der Waals surface area contributed by atoms with E-state index in [4.69, 9.17) is 21.1 Å². The molecule has 0 unspecified atom stereocenters. The molecule has 2 N–H and O–H groups in total. The van der Waals surface area contributed by atoms with E-state index < -0.39 is 11.8 Å². The summed E-state index contributed by atoms with van der Waals surface area (Å²) in [5.74, 6) is -0.703. The molecule has 130 valence electrons. The van der Waals surface area contributed by atoms with E-state index in [-0.39, 0.29) is 0 Å². The monoisotopic (exact) mass is 361 g/mol. The van der Waals surface area contributed by atoms with Crippen LogP contribution in [0, 0.1) is 0 Å². The smallest absolute Gasteiger partial charge is 0.329 e. The van der Waals surface area contributed by atoms with Gasteiger partial charge in [-0.25, -0.2) is 5.43 Å². The third-order valence-electron chi connectivity index (χ3n) is 3.12. The molecule has 0 heterocycles. The summed E-state index contributed by atoms with van der Waals surface area (Å²) >= 11 is 5.91. The van der Waals surface area contributed by atoms with Crippen LogP contribution < -0.4 is 20.2 Å². The molecular weight excluding hydrogens is 346 g/mol. The zero-order valence-corrected chi connectivity index (χ0v) is 14.3. The molecule has 2 aromatic carbocycles. The fraction of sp³-hybridized carbons (Fsp3) is 0.118. The van der Waals surface area contributed by atoms with E-state index in [1.54, 1.807) is 42.5 Å². The Labute approximate surface area is 149 Å². The average molecular weight is 362 g/mol. The highest BCUT2D eigenvalue weighted by atomic mass is 35.5. The maximum absolute atomic E-state index is 11.8. The number of benzene rings is 2. The minimum Gasteiger partial charge on any atom is -0.493 e. The van der Waals surface area contributed by atoms with Gasteiger partial charge >= 0.3 is 11.8 Å². The molecule has 0 saturated heterocycles. The van der Waals surface area contributed by atoms with Gasteiger partial charge in [-0.05, 0) is 35.9 Å². The van der Waals surface area contributed by atoms with Crippen LogP contribution in [0.15, 0.2) is 47.6 Å². The maximum atomic E-state index is 11.8. The predicted octanol–water partition coefficient (Wildman–Crippen LogP) is 2.45. The number of carbonyl (C=O) groups excluding carboxylic acids is 2. The van der Waals surface area contributed by atoms with Crippen LogP contribution in [-0.2, 0) is 9.59 Å². The van der Waals surface area contributed by atoms with Gasteiger partial charge in [-0.3, -0.25) is 9.59 Å². The number of amides is 2. The van der Waals surface area contributed by atoms with Crippen LogP contribution in [0.2, 0.25) is 5.02 Å². The van der Waals surface area contributed by atoms with Gasteiger partial charge in [0.2, 0.25) is 0 Å². The van der Waals surface area contributed by atoms with Crippen molar-refractivity contribution in [2.75, 3.05) is 19.5 Å². The van der Waals surface area contributed by atoms with Crippen molar-refractivity contribution in [2.45, 2.75) is 0 Å². The zero-order chi connectivity index (χ0) is 18.2. The van der Waals surface area contributed by atoms with E-state index in [2.05, 4.69) is 15.8 Å². The summed E-state index contributed by atoms with van der Waals surface area (Å²) in [4.78, 5) is 23.5. The third-order valence-corrected chi connectivity index (χ3v) is 3.45. The van der Waals surface area contributed by atoms with Gasteiger partial charge in [0, 0.05) is 0 Å². The Kier molecular flexibility index (Phi) is 6.36. The molecule has 0 aliphatic heterocycles. The maximum Gasteiger partial charge on any atom is 0.329 e. The van der Waals surface area contributed by atoms with E-state index in [9.17, 15) is 9.59 Å². The molecular formula is C17H16ClN3O4. The lowest BCUT2D eigenvalue weighted by Gasteiger charge is -2.07. The summed E-state index contributed by atoms with van der Waals surface area (Å²) in [6, 6.07) is 11.7. The minimum absolute atomic E-state index is 0.331. The summed E-state index contributed by atoms with van der Waals surface area (Å²) < 4.78 is 10.3. The van der Waals surface area contributed by atoms with Gasteiger partial charge in [-0.1, -0.05) is 23.7 Å². The first-order chi connectivity index (χ1) is 12.0. The fourth-order valence-electron chi connectivity index (χ4n) is 1.89. The highest BCUT2D eigenvalue weighted by molar-refractivity contribution is 6.41. The van der Waals surface area contributed by atoms with Crippen molar-refractivity contribution in [1.29, 1.82) is 0 Å². The zero-order valence-electron chi connectivity index (χ0n) is 13.6. The molecule has 0 spiro atoms. The van der Waals surface area contributed by atoms with Crippen molar-refractivity contribution in [1.82, 2.24) is 5.43 Å². The number of para-hydroxylation sites is 1. The van der Waals surface area contributed by atoms with E-state index >= 15 is 0 Å². The predicted molar refractivity (Wildman–Crippen MR) is 95.4 cm³/mol. The van der Waals surface area contributed by atoms with Crippen LogP contribution in [0.5, 0.6) is 11.5 Å². The number of ether oxygens (including phenoxy) is 2. The first-order valence-electron chi connectivity index (χ1n) is 7.16. The molecule has 0 bridgehead atoms. The van der Waals surface area contributed by atoms with Crippen molar-refractivity contribution in [3.63, 3.8) is 0 Å². The Bertz CT molecular complexity index is 808. The molecule has 0 saturated carbocycles. The number of halogens is 1. The van der Waals surface area contributed by atoms with Crippen molar-refractivity contribution in [3.8, 4) is 11.5 Å². The fourth-order valence-corrected chi connectivity index (χ4v) is 2.07. The lowest BCUT2D eigenvalue weighted by atomic mass is 10.2. The van der Waals surface area contributed by atoms with Crippen LogP contribution in [0.4, 0.5) is 5.69 Å². The van der Waals surface area contributed by atoms with Gasteiger partial charge < -0.3 is 14.8 Å². The molecule has 0 aliphatic rings. The quantitative estimate of drug-likeness (QED) is 0.486. The van der Waals surface area contributed by atoms with Crippen LogP contribution in [0.3, 0.4) is 0 Å². The van der Waals surface area contributed by atoms with E-state index in [0.717, 1.165) is 0 Å². The standard InChI is InChI=1S/C17H16ClN3O4/c1-24-14-8-7-11(9-15(14)25-2)10-19-21-17(23)16(22)20-13-6-4-3-5-12(13)18/h3-10H,1-2H3,(H,20,22)(H,21,23). The summed E-state index contributed by atoms with van der Waals surface area (Å²) in [7, 11) is 3.04. The summed E-state index contributed by atoms with van der Waals surface area (Å²) in [5, 5.41) is 6.47. The van der Waals surface area contributed by atoms with E-state index in [0.29, 0.717) is 27.8 Å². The molecule has 2 rings (SSSR count). The normalized spacial score (nSPS) is 10.4. The highest BCUT2D eigenvalue weighted by Crippen LogP contribution is 2.26. The number of hydrogen-bond acceptors (Lipinski definition) is 5. The summed E-state index contributed by atoms with van der Waals surface area (Å²) in [5.41, 5.74) is 3.14. The molecule has 25 heavy (non-hydrogen) atoms. The summed E-state index contributed by atoms with van der Waals surface area (Å²) in [6.45, 7) is 0. The van der Waals surface area contributed by atoms with Crippen LogP contribution in [0.1, 0.15) is 5.56 Å². The third kappa shape index (κ3) is 4.95. The van der Waals surface area contributed by atoms with Crippen molar-refractivity contribution < 1.29 is 19.1 Å². The summed E-state index contributed by atoms with van der Waals surface area (Å²) in [6.07, 6.45) is 1.38. The lowest BCUT2D eigenvalue weighted by molar-refractivity contribution is -0.136. The van der Waals surface area contributed by atoms with Crippen LogP contribution >= 0.6 is 11.6 Å². The molecule has 0 atom stereocenters. The molecule has 8 heteroatoms. The van der Waals surface area contributed by atoms with Gasteiger partial charge in [0.05, 0.1) is 31.1 Å². The number of anilines is 1. The second-order valence-corrected chi connectivity index (χ2v) is 5.15. The Hall–Kier alpha value is -3.06. The first kappa shape index (κ1) is 18.3. The van der Waals surface area contributed by atoms with Crippen molar-refractivity contribution in [2.24, 2.45) is 5.10 Å². The van der Waals surface area contributed by atoms with Gasteiger partial charge in [0.1, 0.15) is 0 Å². The number of nitrogens with zero attached hydrogens (tertiary/aromatic N) is 1. The molecule has 2 aromatic rings. The van der Waals surface area contributed by atoms with Crippen molar-refractivity contribution in [3.05, 3.63) is 53.1 Å². The van der Waals surface area contributed by atoms with E-state index in [1.807, 2.05) is 0 Å². The Balaban J connectivity index is 1.96. The number of methoxy groups -OCH3 is 2. The minimum atomic E-state index is -0.920. The van der Waals surface area contributed by atoms with Gasteiger partial charge in [0.25, 0.3) is 0 Å². The SMILES string of the molecule is COc1ccc(C=NNC(=O)C(=O)Nc2ccccc2Cl)cc1OC. The molecule has 0 fully saturated rings.